The Morgan fingerprint density at radius 1 is 0.735 bits per heavy atom. The van der Waals surface area contributed by atoms with Crippen molar-refractivity contribution in [1.82, 2.24) is 10.6 Å². The van der Waals surface area contributed by atoms with Crippen molar-refractivity contribution in [2.45, 2.75) is 21.9 Å². The second kappa shape index (κ2) is 13.6. The zero-order valence-electron chi connectivity index (χ0n) is 18.3. The van der Waals surface area contributed by atoms with Crippen LogP contribution in [0.15, 0.2) is 58.3 Å². The Hall–Kier alpha value is -3.06. The Morgan fingerprint density at radius 3 is 1.41 bits per heavy atom. The number of hydrogen-bond acceptors (Lipinski definition) is 10. The number of amides is 2. The summed E-state index contributed by atoms with van der Waals surface area (Å²) in [6.07, 6.45) is 0. The standard InChI is InChI=1S/C22H24N2O8S2/c1-31-21(29)15(11-25)23-19(27)13-7-3-5-9-17(13)33-34-18-10-6-4-8-14(18)20(28)24-16(12-26)22(30)32-2/h3-10,15-16,25-26H,11-12H2,1-2H3,(H,23,27)(H,24,28)/t15-,16-/m0/s1. The summed E-state index contributed by atoms with van der Waals surface area (Å²) in [5, 5.41) is 23.6. The van der Waals surface area contributed by atoms with E-state index in [0.717, 1.165) is 14.2 Å². The molecule has 10 nitrogen and oxygen atoms in total. The number of carbonyl (C=O) groups is 4. The van der Waals surface area contributed by atoms with Gasteiger partial charge in [0.25, 0.3) is 11.8 Å². The predicted octanol–water partition coefficient (Wildman–Crippen LogP) is 1.01. The molecule has 0 aromatic heterocycles. The van der Waals surface area contributed by atoms with Gasteiger partial charge in [-0.1, -0.05) is 45.9 Å². The molecule has 4 N–H and O–H groups in total. The third kappa shape index (κ3) is 7.22. The topological polar surface area (TPSA) is 151 Å². The maximum atomic E-state index is 12.7. The lowest BCUT2D eigenvalue weighted by Crippen LogP contribution is -2.44. The Bertz CT molecular complexity index is 952. The van der Waals surface area contributed by atoms with Crippen LogP contribution in [0.2, 0.25) is 0 Å². The van der Waals surface area contributed by atoms with Gasteiger partial charge in [0.15, 0.2) is 12.1 Å². The molecule has 0 fully saturated rings. The molecule has 0 saturated heterocycles. The van der Waals surface area contributed by atoms with Crippen LogP contribution in [0.3, 0.4) is 0 Å². The van der Waals surface area contributed by atoms with E-state index in [4.69, 9.17) is 0 Å². The summed E-state index contributed by atoms with van der Waals surface area (Å²) in [5.41, 5.74) is 0.519. The number of esters is 2. The number of rotatable bonds is 11. The molecule has 0 saturated carbocycles. The van der Waals surface area contributed by atoms with Gasteiger partial charge in [0.05, 0.1) is 38.6 Å². The number of methoxy groups -OCH3 is 2. The Morgan fingerprint density at radius 2 is 1.09 bits per heavy atom. The van der Waals surface area contributed by atoms with Gasteiger partial charge in [-0.3, -0.25) is 9.59 Å². The van der Waals surface area contributed by atoms with E-state index in [2.05, 4.69) is 20.1 Å². The third-order valence-electron chi connectivity index (χ3n) is 4.43. The van der Waals surface area contributed by atoms with Crippen LogP contribution in [0, 0.1) is 0 Å². The van der Waals surface area contributed by atoms with Crippen LogP contribution in [-0.4, -0.2) is 73.5 Å². The maximum Gasteiger partial charge on any atom is 0.330 e. The van der Waals surface area contributed by atoms with Crippen LogP contribution in [-0.2, 0) is 19.1 Å². The van der Waals surface area contributed by atoms with Gasteiger partial charge in [-0.2, -0.15) is 0 Å². The van der Waals surface area contributed by atoms with Crippen LogP contribution in [0.4, 0.5) is 0 Å². The lowest BCUT2D eigenvalue weighted by Gasteiger charge is -2.16. The predicted molar refractivity (Wildman–Crippen MR) is 125 cm³/mol. The Labute approximate surface area is 203 Å². The molecule has 0 aliphatic carbocycles. The van der Waals surface area contributed by atoms with Crippen molar-refractivity contribution in [2.24, 2.45) is 0 Å². The minimum absolute atomic E-state index is 0.260. The molecule has 2 rings (SSSR count). The summed E-state index contributed by atoms with van der Waals surface area (Å²) in [5.74, 6) is -2.71. The van der Waals surface area contributed by atoms with E-state index in [9.17, 15) is 29.4 Å². The van der Waals surface area contributed by atoms with Gasteiger partial charge in [0.2, 0.25) is 0 Å². The van der Waals surface area contributed by atoms with E-state index in [1.165, 1.54) is 21.6 Å². The number of hydrogen-bond donors (Lipinski definition) is 4. The van der Waals surface area contributed by atoms with Crippen molar-refractivity contribution in [3.63, 3.8) is 0 Å². The highest BCUT2D eigenvalue weighted by Crippen LogP contribution is 2.40. The average Bonchev–Trinajstić information content (AvgIpc) is 2.88. The van der Waals surface area contributed by atoms with Crippen LogP contribution >= 0.6 is 21.6 Å². The number of nitrogens with one attached hydrogen (secondary N) is 2. The van der Waals surface area contributed by atoms with Crippen LogP contribution < -0.4 is 10.6 Å². The Kier molecular flexibility index (Phi) is 10.9. The summed E-state index contributed by atoms with van der Waals surface area (Å²) < 4.78 is 9.13. The molecular weight excluding hydrogens is 484 g/mol. The average molecular weight is 509 g/mol. The monoisotopic (exact) mass is 508 g/mol. The van der Waals surface area contributed by atoms with E-state index in [1.54, 1.807) is 48.5 Å². The fourth-order valence-electron chi connectivity index (χ4n) is 2.66. The number of ether oxygens (including phenoxy) is 2. The van der Waals surface area contributed by atoms with E-state index < -0.39 is 49.1 Å². The first-order valence-corrected chi connectivity index (χ1v) is 12.0. The molecule has 0 unspecified atom stereocenters. The van der Waals surface area contributed by atoms with E-state index in [-0.39, 0.29) is 11.1 Å². The zero-order valence-corrected chi connectivity index (χ0v) is 20.0. The van der Waals surface area contributed by atoms with Gasteiger partial charge in [0.1, 0.15) is 0 Å². The van der Waals surface area contributed by atoms with E-state index in [1.807, 2.05) is 0 Å². The molecule has 2 atom stereocenters. The minimum atomic E-state index is -1.21. The number of aliphatic hydroxyl groups excluding tert-OH is 2. The van der Waals surface area contributed by atoms with Crippen molar-refractivity contribution >= 4 is 45.3 Å². The van der Waals surface area contributed by atoms with Gasteiger partial charge in [-0.25, -0.2) is 9.59 Å². The molecular formula is C22H24N2O8S2. The first-order chi connectivity index (χ1) is 16.4. The fourth-order valence-corrected chi connectivity index (χ4v) is 5.02. The largest absolute Gasteiger partial charge is 0.467 e. The molecule has 0 heterocycles. The normalized spacial score (nSPS) is 12.2. The van der Waals surface area contributed by atoms with Crippen LogP contribution in [0.5, 0.6) is 0 Å². The molecule has 2 aromatic carbocycles. The number of benzene rings is 2. The van der Waals surface area contributed by atoms with Crippen molar-refractivity contribution in [3.8, 4) is 0 Å². The molecule has 0 bridgehead atoms. The molecule has 34 heavy (non-hydrogen) atoms. The van der Waals surface area contributed by atoms with E-state index in [0.29, 0.717) is 9.79 Å². The first-order valence-electron chi connectivity index (χ1n) is 9.87. The molecule has 0 aliphatic heterocycles. The van der Waals surface area contributed by atoms with Crippen molar-refractivity contribution in [1.29, 1.82) is 0 Å². The van der Waals surface area contributed by atoms with Gasteiger partial charge < -0.3 is 30.3 Å². The smallest absolute Gasteiger partial charge is 0.330 e. The fraction of sp³-hybridized carbons (Fsp3) is 0.273. The number of carbonyl (C=O) groups excluding carboxylic acids is 4. The molecule has 2 amide bonds. The van der Waals surface area contributed by atoms with Crippen LogP contribution in [0.1, 0.15) is 20.7 Å². The first kappa shape index (κ1) is 27.2. The van der Waals surface area contributed by atoms with Crippen LogP contribution in [0.25, 0.3) is 0 Å². The molecule has 0 aliphatic rings. The SMILES string of the molecule is COC(=O)[C@H](CO)NC(=O)c1ccccc1SSc1ccccc1C(=O)N[C@@H](CO)C(=O)OC. The summed E-state index contributed by atoms with van der Waals surface area (Å²) in [4.78, 5) is 49.9. The summed E-state index contributed by atoms with van der Waals surface area (Å²) in [7, 11) is 4.70. The van der Waals surface area contributed by atoms with Gasteiger partial charge in [-0.15, -0.1) is 0 Å². The highest BCUT2D eigenvalue weighted by molar-refractivity contribution is 8.76. The molecule has 182 valence electrons. The third-order valence-corrected chi connectivity index (χ3v) is 6.91. The van der Waals surface area contributed by atoms with Gasteiger partial charge in [0, 0.05) is 9.79 Å². The molecule has 2 aromatic rings. The maximum absolute atomic E-state index is 12.7. The second-order valence-electron chi connectivity index (χ2n) is 6.62. The lowest BCUT2D eigenvalue weighted by molar-refractivity contribution is -0.144. The highest BCUT2D eigenvalue weighted by Gasteiger charge is 2.24. The highest BCUT2D eigenvalue weighted by atomic mass is 33.1. The molecule has 0 radical (unpaired) electrons. The Balaban J connectivity index is 2.18. The zero-order chi connectivity index (χ0) is 25.1. The summed E-state index contributed by atoms with van der Waals surface area (Å²) >= 11 is 0. The van der Waals surface area contributed by atoms with Gasteiger partial charge in [-0.05, 0) is 24.3 Å². The summed E-state index contributed by atoms with van der Waals surface area (Å²) in [6, 6.07) is 10.9. The van der Waals surface area contributed by atoms with Gasteiger partial charge >= 0.3 is 11.9 Å². The van der Waals surface area contributed by atoms with E-state index >= 15 is 0 Å². The van der Waals surface area contributed by atoms with Crippen molar-refractivity contribution in [2.75, 3.05) is 27.4 Å². The quantitative estimate of drug-likeness (QED) is 0.256. The van der Waals surface area contributed by atoms with Crippen molar-refractivity contribution in [3.05, 3.63) is 59.7 Å². The summed E-state index contributed by atoms with van der Waals surface area (Å²) in [6.45, 7) is -1.24. The lowest BCUT2D eigenvalue weighted by atomic mass is 10.2. The number of aliphatic hydroxyl groups is 2. The second-order valence-corrected chi connectivity index (χ2v) is 8.84. The molecule has 12 heteroatoms. The molecule has 0 spiro atoms. The minimum Gasteiger partial charge on any atom is -0.467 e. The van der Waals surface area contributed by atoms with Crippen molar-refractivity contribution < 1.29 is 38.9 Å².